The SMILES string of the molecule is Cc1ccc(C)c(C(=O)COC(=O)c2cccc(N3C(=O)[C@@H]4[C@H]5C=C[C@@H]([C@@H]6C[C@@H]56)[C@H]4C3=O)c2)c1. The minimum atomic E-state index is -0.667. The number of rotatable bonds is 5. The summed E-state index contributed by atoms with van der Waals surface area (Å²) in [6.45, 7) is 3.36. The van der Waals surface area contributed by atoms with Crippen LogP contribution in [-0.4, -0.2) is 30.2 Å². The van der Waals surface area contributed by atoms with Gasteiger partial charge in [0.25, 0.3) is 0 Å². The van der Waals surface area contributed by atoms with E-state index in [1.165, 1.54) is 11.0 Å². The number of imide groups is 1. The maximum Gasteiger partial charge on any atom is 0.338 e. The van der Waals surface area contributed by atoms with Gasteiger partial charge in [-0.05, 0) is 73.8 Å². The van der Waals surface area contributed by atoms with Crippen molar-refractivity contribution in [2.45, 2.75) is 20.3 Å². The van der Waals surface area contributed by atoms with Crippen LogP contribution < -0.4 is 4.90 Å². The third-order valence-corrected chi connectivity index (χ3v) is 8.03. The van der Waals surface area contributed by atoms with Gasteiger partial charge in [0.1, 0.15) is 0 Å². The van der Waals surface area contributed by atoms with Gasteiger partial charge in [0.2, 0.25) is 17.6 Å². The Morgan fingerprint density at radius 3 is 2.29 bits per heavy atom. The molecule has 6 nitrogen and oxygen atoms in total. The molecule has 6 atom stereocenters. The Kier molecular flexibility index (Phi) is 4.63. The normalized spacial score (nSPS) is 30.2. The number of esters is 1. The van der Waals surface area contributed by atoms with E-state index in [9.17, 15) is 19.2 Å². The molecule has 34 heavy (non-hydrogen) atoms. The third kappa shape index (κ3) is 3.08. The van der Waals surface area contributed by atoms with Crippen molar-refractivity contribution in [3.8, 4) is 0 Å². The summed E-state index contributed by atoms with van der Waals surface area (Å²) in [4.78, 5) is 53.2. The van der Waals surface area contributed by atoms with E-state index < -0.39 is 5.97 Å². The molecule has 2 saturated carbocycles. The number of benzene rings is 2. The Labute approximate surface area is 197 Å². The number of nitrogens with zero attached hydrogens (tertiary/aromatic N) is 1. The summed E-state index contributed by atoms with van der Waals surface area (Å²) in [5.74, 6) is -0.523. The summed E-state index contributed by atoms with van der Waals surface area (Å²) in [7, 11) is 0. The highest BCUT2D eigenvalue weighted by Crippen LogP contribution is 2.65. The van der Waals surface area contributed by atoms with E-state index in [-0.39, 0.29) is 53.4 Å². The molecule has 0 aromatic heterocycles. The molecule has 0 N–H and O–H groups in total. The number of allylic oxidation sites excluding steroid dienone is 2. The van der Waals surface area contributed by atoms with Gasteiger partial charge in [-0.2, -0.15) is 0 Å². The second kappa shape index (κ2) is 7.49. The number of Topliss-reactive ketones (excluding diaryl/α,β-unsaturated/α-hetero) is 1. The second-order valence-electron chi connectivity index (χ2n) is 10.0. The van der Waals surface area contributed by atoms with Gasteiger partial charge in [0, 0.05) is 5.56 Å². The molecule has 1 heterocycles. The van der Waals surface area contributed by atoms with Gasteiger partial charge in [0.05, 0.1) is 23.1 Å². The number of ketones is 1. The van der Waals surface area contributed by atoms with Crippen molar-refractivity contribution in [2.75, 3.05) is 11.5 Å². The molecule has 0 radical (unpaired) electrons. The van der Waals surface area contributed by atoms with Gasteiger partial charge >= 0.3 is 5.97 Å². The van der Waals surface area contributed by atoms with E-state index in [4.69, 9.17) is 4.74 Å². The van der Waals surface area contributed by atoms with Crippen molar-refractivity contribution < 1.29 is 23.9 Å². The Morgan fingerprint density at radius 2 is 1.62 bits per heavy atom. The topological polar surface area (TPSA) is 80.8 Å². The van der Waals surface area contributed by atoms with Gasteiger partial charge in [0.15, 0.2) is 6.61 Å². The molecule has 4 aliphatic carbocycles. The maximum atomic E-state index is 13.3. The first-order valence-corrected chi connectivity index (χ1v) is 11.8. The molecule has 3 fully saturated rings. The number of ether oxygens (including phenoxy) is 1. The Hall–Kier alpha value is -3.54. The van der Waals surface area contributed by atoms with Gasteiger partial charge in [-0.15, -0.1) is 0 Å². The van der Waals surface area contributed by atoms with Gasteiger partial charge in [-0.25, -0.2) is 9.69 Å². The predicted octanol–water partition coefficient (Wildman–Crippen LogP) is 3.90. The number of aryl methyl sites for hydroxylation is 2. The lowest BCUT2D eigenvalue weighted by atomic mass is 9.63. The van der Waals surface area contributed by atoms with Crippen molar-refractivity contribution in [1.82, 2.24) is 0 Å². The molecule has 1 saturated heterocycles. The molecular formula is C28H25NO5. The van der Waals surface area contributed by atoms with Crippen molar-refractivity contribution >= 4 is 29.3 Å². The van der Waals surface area contributed by atoms with Crippen LogP contribution in [0.3, 0.4) is 0 Å². The van der Waals surface area contributed by atoms with Gasteiger partial charge < -0.3 is 4.74 Å². The molecule has 5 aliphatic rings. The number of hydrogen-bond donors (Lipinski definition) is 0. The summed E-state index contributed by atoms with van der Waals surface area (Å²) < 4.78 is 5.28. The van der Waals surface area contributed by atoms with Crippen molar-refractivity contribution in [1.29, 1.82) is 0 Å². The van der Waals surface area contributed by atoms with E-state index in [0.29, 0.717) is 23.1 Å². The second-order valence-corrected chi connectivity index (χ2v) is 10.0. The molecule has 6 heteroatoms. The highest BCUT2D eigenvalue weighted by atomic mass is 16.5. The number of anilines is 1. The van der Waals surface area contributed by atoms with E-state index >= 15 is 0 Å². The van der Waals surface area contributed by atoms with Crippen LogP contribution in [0.1, 0.15) is 38.3 Å². The Morgan fingerprint density at radius 1 is 0.941 bits per heavy atom. The average Bonchev–Trinajstić information content (AvgIpc) is 3.62. The molecule has 0 unspecified atom stereocenters. The summed E-state index contributed by atoms with van der Waals surface area (Å²) in [6.07, 6.45) is 5.38. The number of hydrogen-bond acceptors (Lipinski definition) is 5. The molecule has 2 aromatic rings. The molecular weight excluding hydrogens is 430 g/mol. The summed E-state index contributed by atoms with van der Waals surface area (Å²) in [5.41, 5.74) is 2.88. The summed E-state index contributed by atoms with van der Waals surface area (Å²) in [6, 6.07) is 11.9. The average molecular weight is 456 g/mol. The summed E-state index contributed by atoms with van der Waals surface area (Å²) in [5, 5.41) is 0. The molecule has 2 amide bonds. The molecule has 2 bridgehead atoms. The van der Waals surface area contributed by atoms with Crippen LogP contribution in [-0.2, 0) is 14.3 Å². The quantitative estimate of drug-likeness (QED) is 0.296. The van der Waals surface area contributed by atoms with Crippen LogP contribution in [0.25, 0.3) is 0 Å². The van der Waals surface area contributed by atoms with Crippen LogP contribution >= 0.6 is 0 Å². The van der Waals surface area contributed by atoms with Crippen LogP contribution in [0.15, 0.2) is 54.6 Å². The Balaban J connectivity index is 1.19. The molecule has 0 spiro atoms. The third-order valence-electron chi connectivity index (χ3n) is 8.03. The highest BCUT2D eigenvalue weighted by Gasteiger charge is 2.67. The number of carbonyl (C=O) groups is 4. The van der Waals surface area contributed by atoms with Crippen molar-refractivity contribution in [2.24, 2.45) is 35.5 Å². The maximum absolute atomic E-state index is 13.3. The van der Waals surface area contributed by atoms with Crippen LogP contribution in [0.5, 0.6) is 0 Å². The molecule has 2 aromatic carbocycles. The molecule has 172 valence electrons. The lowest BCUT2D eigenvalue weighted by molar-refractivity contribution is -0.124. The molecule has 1 aliphatic heterocycles. The zero-order valence-electron chi connectivity index (χ0n) is 19.1. The van der Waals surface area contributed by atoms with E-state index in [1.54, 1.807) is 24.3 Å². The van der Waals surface area contributed by atoms with Crippen LogP contribution in [0.2, 0.25) is 0 Å². The minimum absolute atomic E-state index is 0.144. The first kappa shape index (κ1) is 21.0. The molecule has 7 rings (SSSR count). The van der Waals surface area contributed by atoms with Crippen molar-refractivity contribution in [3.63, 3.8) is 0 Å². The lowest BCUT2D eigenvalue weighted by Crippen LogP contribution is -2.40. The van der Waals surface area contributed by atoms with Crippen LogP contribution in [0.4, 0.5) is 5.69 Å². The minimum Gasteiger partial charge on any atom is -0.454 e. The fourth-order valence-electron chi connectivity index (χ4n) is 6.31. The number of amides is 2. The monoisotopic (exact) mass is 455 g/mol. The van der Waals surface area contributed by atoms with E-state index in [2.05, 4.69) is 12.2 Å². The predicted molar refractivity (Wildman–Crippen MR) is 124 cm³/mol. The number of carbonyl (C=O) groups excluding carboxylic acids is 4. The first-order chi connectivity index (χ1) is 16.3. The van der Waals surface area contributed by atoms with E-state index in [0.717, 1.165) is 17.5 Å². The fraction of sp³-hybridized carbons (Fsp3) is 0.357. The highest BCUT2D eigenvalue weighted by molar-refractivity contribution is 6.23. The lowest BCUT2D eigenvalue weighted by Gasteiger charge is -2.37. The Bertz CT molecular complexity index is 1260. The zero-order chi connectivity index (χ0) is 23.7. The van der Waals surface area contributed by atoms with Gasteiger partial charge in [-0.1, -0.05) is 35.9 Å². The van der Waals surface area contributed by atoms with Gasteiger partial charge in [-0.3, -0.25) is 14.4 Å². The zero-order valence-corrected chi connectivity index (χ0v) is 19.1. The fourth-order valence-corrected chi connectivity index (χ4v) is 6.31. The first-order valence-electron chi connectivity index (χ1n) is 11.8. The standard InChI is InChI=1S/C28H25NO5/c1-14-6-7-15(2)20(10-14)23(30)13-34-28(33)16-4-3-5-17(11-16)29-26(31)24-18-8-9-19(22-12-21(18)22)25(24)27(29)32/h3-11,18-19,21-22,24-25H,12-13H2,1-2H3/t18-,19-,21-,22-,24+,25+/m0/s1. The largest absolute Gasteiger partial charge is 0.454 e. The smallest absolute Gasteiger partial charge is 0.338 e. The van der Waals surface area contributed by atoms with E-state index in [1.807, 2.05) is 26.0 Å². The van der Waals surface area contributed by atoms with Crippen LogP contribution in [0, 0.1) is 49.4 Å². The summed E-state index contributed by atoms with van der Waals surface area (Å²) >= 11 is 0. The van der Waals surface area contributed by atoms with Crippen molar-refractivity contribution in [3.05, 3.63) is 76.9 Å².